The summed E-state index contributed by atoms with van der Waals surface area (Å²) in [5, 5.41) is 9.09. The third-order valence-electron chi connectivity index (χ3n) is 2.87. The van der Waals surface area contributed by atoms with Crippen LogP contribution in [0.2, 0.25) is 0 Å². The number of halogens is 1. The van der Waals surface area contributed by atoms with Crippen LogP contribution in [0.25, 0.3) is 0 Å². The number of hydrogen-bond donors (Lipinski definition) is 4. The Morgan fingerprint density at radius 2 is 2.19 bits per heavy atom. The second-order valence-corrected chi connectivity index (χ2v) is 5.52. The zero-order chi connectivity index (χ0) is 15.8. The van der Waals surface area contributed by atoms with E-state index in [4.69, 9.17) is 19.6 Å². The summed E-state index contributed by atoms with van der Waals surface area (Å²) >= 11 is 0. The summed E-state index contributed by atoms with van der Waals surface area (Å²) in [6, 6.07) is 0. The lowest BCUT2D eigenvalue weighted by Crippen LogP contribution is -2.34. The molecule has 1 aromatic rings. The fourth-order valence-corrected chi connectivity index (χ4v) is 2.57. The molecule has 0 saturated carbocycles. The Morgan fingerprint density at radius 1 is 1.52 bits per heavy atom. The summed E-state index contributed by atoms with van der Waals surface area (Å²) in [5.74, 6) is -1.22. The molecular formula is C9H12FN2O8P. The van der Waals surface area contributed by atoms with Crippen molar-refractivity contribution in [2.24, 2.45) is 0 Å². The zero-order valence-corrected chi connectivity index (χ0v) is 11.3. The van der Waals surface area contributed by atoms with Crippen LogP contribution in [-0.4, -0.2) is 43.3 Å². The number of aromatic amines is 1. The maximum atomic E-state index is 13.2. The van der Waals surface area contributed by atoms with Gasteiger partial charge in [-0.15, -0.1) is 0 Å². The Labute approximate surface area is 116 Å². The number of nitrogens with one attached hydrogen (secondary N) is 1. The lowest BCUT2D eigenvalue weighted by atomic mass is 10.2. The van der Waals surface area contributed by atoms with E-state index in [0.29, 0.717) is 10.8 Å². The first kappa shape index (κ1) is 16.0. The van der Waals surface area contributed by atoms with Crippen LogP contribution in [-0.2, 0) is 13.8 Å². The van der Waals surface area contributed by atoms with Crippen molar-refractivity contribution in [2.75, 3.05) is 6.61 Å². The molecule has 2 heterocycles. The molecule has 0 aliphatic carbocycles. The molecule has 0 spiro atoms. The van der Waals surface area contributed by atoms with Crippen molar-refractivity contribution in [1.29, 1.82) is 0 Å². The molecule has 1 aromatic heterocycles. The van der Waals surface area contributed by atoms with Crippen LogP contribution in [0.1, 0.15) is 12.6 Å². The standard InChI is InChI=1S/C9H12FN2O8P/c10-4-2-12(9(15)11-8(4)14)7-1-5(6(3-13)19-7)20-21(16,17)18/h2,5-7,13H,1,3H2,(H,11,14,15)(H2,16,17,18)/t5-,6+,7+/m0/s1. The second kappa shape index (κ2) is 5.79. The fourth-order valence-electron chi connectivity index (χ4n) is 2.00. The van der Waals surface area contributed by atoms with E-state index in [1.165, 1.54) is 0 Å². The Morgan fingerprint density at radius 3 is 2.76 bits per heavy atom. The van der Waals surface area contributed by atoms with Crippen molar-refractivity contribution in [3.63, 3.8) is 0 Å². The summed E-state index contributed by atoms with van der Waals surface area (Å²) in [5.41, 5.74) is -2.16. The molecule has 1 aliphatic heterocycles. The van der Waals surface area contributed by atoms with Crippen molar-refractivity contribution < 1.29 is 33.1 Å². The van der Waals surface area contributed by atoms with Gasteiger partial charge in [0.1, 0.15) is 18.4 Å². The third kappa shape index (κ3) is 3.64. The number of aliphatic hydroxyl groups excluding tert-OH is 1. The van der Waals surface area contributed by atoms with Gasteiger partial charge in [0.05, 0.1) is 12.8 Å². The molecule has 0 aromatic carbocycles. The molecule has 21 heavy (non-hydrogen) atoms. The first-order valence-corrected chi connectivity index (χ1v) is 7.25. The number of phosphoric acid groups is 1. The maximum Gasteiger partial charge on any atom is 0.469 e. The van der Waals surface area contributed by atoms with E-state index in [1.54, 1.807) is 4.98 Å². The minimum atomic E-state index is -4.82. The highest BCUT2D eigenvalue weighted by molar-refractivity contribution is 7.46. The summed E-state index contributed by atoms with van der Waals surface area (Å²) in [4.78, 5) is 41.7. The van der Waals surface area contributed by atoms with Gasteiger partial charge in [-0.2, -0.15) is 4.39 Å². The molecule has 0 bridgehead atoms. The van der Waals surface area contributed by atoms with Gasteiger partial charge in [-0.3, -0.25) is 18.9 Å². The molecule has 0 amide bonds. The number of hydrogen-bond acceptors (Lipinski definition) is 6. The van der Waals surface area contributed by atoms with Crippen LogP contribution < -0.4 is 11.2 Å². The minimum Gasteiger partial charge on any atom is -0.394 e. The second-order valence-electron chi connectivity index (χ2n) is 4.33. The fraction of sp³-hybridized carbons (Fsp3) is 0.556. The molecule has 1 saturated heterocycles. The SMILES string of the molecule is O=c1[nH]c(=O)n([C@H]2C[C@H](OP(=O)(O)O)[C@@H](CO)O2)cc1F. The highest BCUT2D eigenvalue weighted by Gasteiger charge is 2.40. The number of rotatable bonds is 4. The quantitative estimate of drug-likeness (QED) is 0.485. The van der Waals surface area contributed by atoms with Gasteiger partial charge < -0.3 is 19.6 Å². The summed E-state index contributed by atoms with van der Waals surface area (Å²) in [6.07, 6.45) is -3.05. The molecule has 4 N–H and O–H groups in total. The first-order valence-electron chi connectivity index (χ1n) is 5.72. The summed E-state index contributed by atoms with van der Waals surface area (Å²) in [7, 11) is -4.82. The predicted octanol–water partition coefficient (Wildman–Crippen LogP) is -1.57. The molecule has 118 valence electrons. The Balaban J connectivity index is 2.27. The monoisotopic (exact) mass is 326 g/mol. The minimum absolute atomic E-state index is 0.221. The molecule has 0 unspecified atom stereocenters. The first-order chi connectivity index (χ1) is 9.71. The highest BCUT2D eigenvalue weighted by atomic mass is 31.2. The van der Waals surface area contributed by atoms with Gasteiger partial charge in [-0.05, 0) is 0 Å². The van der Waals surface area contributed by atoms with Gasteiger partial charge in [0, 0.05) is 6.42 Å². The normalized spacial score (nSPS) is 26.2. The van der Waals surface area contributed by atoms with Gasteiger partial charge in [0.15, 0.2) is 0 Å². The number of ether oxygens (including phenoxy) is 1. The van der Waals surface area contributed by atoms with E-state index in [2.05, 4.69) is 4.52 Å². The predicted molar refractivity (Wildman–Crippen MR) is 63.8 cm³/mol. The van der Waals surface area contributed by atoms with Crippen molar-refractivity contribution in [1.82, 2.24) is 9.55 Å². The van der Waals surface area contributed by atoms with Crippen LogP contribution in [0.15, 0.2) is 15.8 Å². The topological polar surface area (TPSA) is 151 Å². The van der Waals surface area contributed by atoms with Crippen LogP contribution in [0.3, 0.4) is 0 Å². The molecular weight excluding hydrogens is 314 g/mol. The Kier molecular flexibility index (Phi) is 4.42. The van der Waals surface area contributed by atoms with Crippen LogP contribution >= 0.6 is 7.82 Å². The maximum absolute atomic E-state index is 13.2. The Bertz CT molecular complexity index is 681. The van der Waals surface area contributed by atoms with Gasteiger partial charge in [0.2, 0.25) is 5.82 Å². The smallest absolute Gasteiger partial charge is 0.394 e. The average molecular weight is 326 g/mol. The average Bonchev–Trinajstić information content (AvgIpc) is 2.74. The number of phosphoric ester groups is 1. The van der Waals surface area contributed by atoms with Gasteiger partial charge >= 0.3 is 13.5 Å². The zero-order valence-electron chi connectivity index (χ0n) is 10.4. The number of nitrogens with zero attached hydrogens (tertiary/aromatic N) is 1. The molecule has 0 radical (unpaired) electrons. The molecule has 1 aliphatic rings. The molecule has 10 nitrogen and oxygen atoms in total. The van der Waals surface area contributed by atoms with Crippen molar-refractivity contribution in [2.45, 2.75) is 24.9 Å². The Hall–Kier alpha value is -1.36. The van der Waals surface area contributed by atoms with Crippen molar-refractivity contribution in [3.8, 4) is 0 Å². The molecule has 12 heteroatoms. The van der Waals surface area contributed by atoms with Gasteiger partial charge in [-0.1, -0.05) is 0 Å². The lowest BCUT2D eigenvalue weighted by molar-refractivity contribution is -0.0455. The van der Waals surface area contributed by atoms with Crippen LogP contribution in [0, 0.1) is 5.82 Å². The third-order valence-corrected chi connectivity index (χ3v) is 3.41. The van der Waals surface area contributed by atoms with Crippen molar-refractivity contribution in [3.05, 3.63) is 32.9 Å². The number of H-pyrrole nitrogens is 1. The lowest BCUT2D eigenvalue weighted by Gasteiger charge is -2.16. The van der Waals surface area contributed by atoms with E-state index < -0.39 is 49.9 Å². The largest absolute Gasteiger partial charge is 0.469 e. The van der Waals surface area contributed by atoms with E-state index in [1.807, 2.05) is 0 Å². The van der Waals surface area contributed by atoms with E-state index in [9.17, 15) is 18.5 Å². The van der Waals surface area contributed by atoms with E-state index in [0.717, 1.165) is 0 Å². The number of aliphatic hydroxyl groups is 1. The van der Waals surface area contributed by atoms with Crippen LogP contribution in [0.5, 0.6) is 0 Å². The molecule has 3 atom stereocenters. The van der Waals surface area contributed by atoms with E-state index in [-0.39, 0.29) is 6.42 Å². The number of aromatic nitrogens is 2. The summed E-state index contributed by atoms with van der Waals surface area (Å²) in [6.45, 7) is -0.623. The van der Waals surface area contributed by atoms with E-state index >= 15 is 0 Å². The summed E-state index contributed by atoms with van der Waals surface area (Å²) < 4.78 is 34.4. The van der Waals surface area contributed by atoms with Gasteiger partial charge in [0.25, 0.3) is 5.56 Å². The highest BCUT2D eigenvalue weighted by Crippen LogP contribution is 2.43. The molecule has 2 rings (SSSR count). The molecule has 1 fully saturated rings. The van der Waals surface area contributed by atoms with Gasteiger partial charge in [-0.25, -0.2) is 9.36 Å². The van der Waals surface area contributed by atoms with Crippen LogP contribution in [0.4, 0.5) is 4.39 Å². The van der Waals surface area contributed by atoms with Crippen molar-refractivity contribution >= 4 is 7.82 Å².